The van der Waals surface area contributed by atoms with Gasteiger partial charge in [-0.2, -0.15) is 4.98 Å². The fraction of sp³-hybridized carbons (Fsp3) is 0.286. The largest absolute Gasteiger partial charge is 0.338 e. The Hall–Kier alpha value is -2.34. The molecule has 1 aliphatic carbocycles. The molecule has 0 aliphatic heterocycles. The third kappa shape index (κ3) is 1.69. The molecule has 1 saturated carbocycles. The maximum Gasteiger partial charge on any atom is 0.234 e. The first-order valence-electron chi connectivity index (χ1n) is 6.56. The van der Waals surface area contributed by atoms with Crippen LogP contribution in [0.1, 0.15) is 18.7 Å². The van der Waals surface area contributed by atoms with Crippen LogP contribution >= 0.6 is 0 Å². The molecular weight excluding hydrogens is 254 g/mol. The lowest BCUT2D eigenvalue weighted by atomic mass is 10.1. The lowest BCUT2D eigenvalue weighted by molar-refractivity contribution is 0.347. The molecule has 0 saturated heterocycles. The second-order valence-electron chi connectivity index (χ2n) is 5.17. The van der Waals surface area contributed by atoms with Crippen LogP contribution < -0.4 is 5.73 Å². The average Bonchev–Trinajstić information content (AvgIpc) is 3.15. The quantitative estimate of drug-likeness (QED) is 0.776. The molecule has 3 aromatic rings. The molecular formula is C14H13N5O. The summed E-state index contributed by atoms with van der Waals surface area (Å²) in [4.78, 5) is 13.0. The molecule has 2 N–H and O–H groups in total. The average molecular weight is 267 g/mol. The van der Waals surface area contributed by atoms with Crippen LogP contribution in [0.15, 0.2) is 35.1 Å². The summed E-state index contributed by atoms with van der Waals surface area (Å²) in [7, 11) is 0. The highest BCUT2D eigenvalue weighted by atomic mass is 16.5. The topological polar surface area (TPSA) is 90.7 Å². The third-order valence-electron chi connectivity index (χ3n) is 3.85. The normalized spacial score (nSPS) is 16.4. The molecule has 2 heterocycles. The molecule has 6 heteroatoms. The fourth-order valence-electron chi connectivity index (χ4n) is 2.31. The van der Waals surface area contributed by atoms with E-state index in [2.05, 4.69) is 20.1 Å². The Morgan fingerprint density at radius 3 is 2.70 bits per heavy atom. The van der Waals surface area contributed by atoms with Crippen molar-refractivity contribution >= 4 is 11.0 Å². The molecule has 0 amide bonds. The van der Waals surface area contributed by atoms with Gasteiger partial charge in [-0.3, -0.25) is 9.97 Å². The zero-order valence-electron chi connectivity index (χ0n) is 10.8. The number of nitrogens with two attached hydrogens (primary N) is 1. The zero-order valence-corrected chi connectivity index (χ0v) is 10.8. The summed E-state index contributed by atoms with van der Waals surface area (Å²) in [6.07, 6.45) is 5.39. The summed E-state index contributed by atoms with van der Waals surface area (Å²) < 4.78 is 5.37. The van der Waals surface area contributed by atoms with E-state index in [0.29, 0.717) is 18.3 Å². The standard InChI is InChI=1S/C14H13N5O/c15-8-14(3-4-14)13-18-12(19-20-13)9-1-2-10-11(7-9)17-6-5-16-10/h1-2,5-7H,3-4,8,15H2. The van der Waals surface area contributed by atoms with Gasteiger partial charge in [-0.15, -0.1) is 0 Å². The number of rotatable bonds is 3. The zero-order chi connectivity index (χ0) is 13.6. The van der Waals surface area contributed by atoms with Gasteiger partial charge in [-0.25, -0.2) is 0 Å². The third-order valence-corrected chi connectivity index (χ3v) is 3.85. The minimum absolute atomic E-state index is 0.0814. The monoisotopic (exact) mass is 267 g/mol. The fourth-order valence-corrected chi connectivity index (χ4v) is 2.31. The number of hydrogen-bond acceptors (Lipinski definition) is 6. The maximum atomic E-state index is 5.78. The van der Waals surface area contributed by atoms with Crippen LogP contribution in [0.3, 0.4) is 0 Å². The highest BCUT2D eigenvalue weighted by Crippen LogP contribution is 2.46. The number of nitrogens with zero attached hydrogens (tertiary/aromatic N) is 4. The van der Waals surface area contributed by atoms with Crippen molar-refractivity contribution in [1.82, 2.24) is 20.1 Å². The van der Waals surface area contributed by atoms with Gasteiger partial charge in [0.25, 0.3) is 0 Å². The van der Waals surface area contributed by atoms with Gasteiger partial charge in [0, 0.05) is 24.5 Å². The van der Waals surface area contributed by atoms with Crippen molar-refractivity contribution in [2.24, 2.45) is 5.73 Å². The molecule has 2 aromatic heterocycles. The summed E-state index contributed by atoms with van der Waals surface area (Å²) in [5.41, 5.74) is 8.24. The Labute approximate surface area is 115 Å². The van der Waals surface area contributed by atoms with E-state index in [4.69, 9.17) is 10.3 Å². The molecule has 0 atom stereocenters. The first kappa shape index (κ1) is 11.5. The number of hydrogen-bond donors (Lipinski definition) is 1. The predicted octanol–water partition coefficient (Wildman–Crippen LogP) is 1.67. The molecule has 0 bridgehead atoms. The van der Waals surface area contributed by atoms with Crippen molar-refractivity contribution in [3.63, 3.8) is 0 Å². The van der Waals surface area contributed by atoms with Gasteiger partial charge < -0.3 is 10.3 Å². The van der Waals surface area contributed by atoms with Gasteiger partial charge in [-0.1, -0.05) is 5.16 Å². The number of fused-ring (bicyclic) bond motifs is 1. The van der Waals surface area contributed by atoms with E-state index in [1.165, 1.54) is 0 Å². The van der Waals surface area contributed by atoms with Crippen LogP contribution in [0, 0.1) is 0 Å². The Balaban J connectivity index is 1.76. The summed E-state index contributed by atoms with van der Waals surface area (Å²) in [6.45, 7) is 0.553. The van der Waals surface area contributed by atoms with Gasteiger partial charge in [-0.05, 0) is 31.0 Å². The minimum atomic E-state index is -0.0814. The first-order valence-corrected chi connectivity index (χ1v) is 6.56. The highest BCUT2D eigenvalue weighted by molar-refractivity contribution is 5.79. The Kier molecular flexibility index (Phi) is 2.34. The van der Waals surface area contributed by atoms with Crippen LogP contribution in [0.4, 0.5) is 0 Å². The lowest BCUT2D eigenvalue weighted by Gasteiger charge is -2.03. The molecule has 1 aliphatic rings. The second-order valence-corrected chi connectivity index (χ2v) is 5.17. The Morgan fingerprint density at radius 2 is 1.95 bits per heavy atom. The molecule has 20 heavy (non-hydrogen) atoms. The number of benzene rings is 1. The van der Waals surface area contributed by atoms with Crippen molar-refractivity contribution in [3.05, 3.63) is 36.5 Å². The SMILES string of the molecule is NCC1(c2nc(-c3ccc4nccnc4c3)no2)CC1. The predicted molar refractivity (Wildman–Crippen MR) is 72.8 cm³/mol. The molecule has 100 valence electrons. The van der Waals surface area contributed by atoms with E-state index in [-0.39, 0.29) is 5.41 Å². The van der Waals surface area contributed by atoms with E-state index < -0.39 is 0 Å². The molecule has 1 fully saturated rings. The van der Waals surface area contributed by atoms with Crippen LogP contribution in [-0.4, -0.2) is 26.7 Å². The number of aromatic nitrogens is 4. The molecule has 0 unspecified atom stereocenters. The summed E-state index contributed by atoms with van der Waals surface area (Å²) >= 11 is 0. The summed E-state index contributed by atoms with van der Waals surface area (Å²) in [5.74, 6) is 1.22. The van der Waals surface area contributed by atoms with Crippen LogP contribution in [-0.2, 0) is 5.41 Å². The summed E-state index contributed by atoms with van der Waals surface area (Å²) in [5, 5.41) is 4.06. The van der Waals surface area contributed by atoms with E-state index in [0.717, 1.165) is 29.4 Å². The molecule has 6 nitrogen and oxygen atoms in total. The van der Waals surface area contributed by atoms with E-state index in [9.17, 15) is 0 Å². The van der Waals surface area contributed by atoms with Crippen molar-refractivity contribution in [3.8, 4) is 11.4 Å². The minimum Gasteiger partial charge on any atom is -0.338 e. The van der Waals surface area contributed by atoms with E-state index in [1.54, 1.807) is 12.4 Å². The van der Waals surface area contributed by atoms with Crippen LogP contribution in [0.5, 0.6) is 0 Å². The van der Waals surface area contributed by atoms with Crippen LogP contribution in [0.25, 0.3) is 22.4 Å². The van der Waals surface area contributed by atoms with Crippen molar-refractivity contribution in [1.29, 1.82) is 0 Å². The molecule has 0 spiro atoms. The molecule has 1 aromatic carbocycles. The first-order chi connectivity index (χ1) is 9.81. The van der Waals surface area contributed by atoms with Gasteiger partial charge in [0.1, 0.15) is 0 Å². The van der Waals surface area contributed by atoms with Gasteiger partial charge >= 0.3 is 0 Å². The van der Waals surface area contributed by atoms with Crippen molar-refractivity contribution < 1.29 is 4.52 Å². The maximum absolute atomic E-state index is 5.78. The summed E-state index contributed by atoms with van der Waals surface area (Å²) in [6, 6.07) is 5.75. The van der Waals surface area contributed by atoms with Crippen LogP contribution in [0.2, 0.25) is 0 Å². The molecule has 4 rings (SSSR count). The van der Waals surface area contributed by atoms with E-state index in [1.807, 2.05) is 18.2 Å². The van der Waals surface area contributed by atoms with Gasteiger partial charge in [0.05, 0.1) is 16.4 Å². The lowest BCUT2D eigenvalue weighted by Crippen LogP contribution is -2.19. The van der Waals surface area contributed by atoms with E-state index >= 15 is 0 Å². The Bertz CT molecular complexity index is 778. The van der Waals surface area contributed by atoms with Gasteiger partial charge in [0.15, 0.2) is 0 Å². The van der Waals surface area contributed by atoms with Gasteiger partial charge in [0.2, 0.25) is 11.7 Å². The Morgan fingerprint density at radius 1 is 1.15 bits per heavy atom. The smallest absolute Gasteiger partial charge is 0.234 e. The second kappa shape index (κ2) is 4.08. The molecule has 0 radical (unpaired) electrons. The van der Waals surface area contributed by atoms with Crippen molar-refractivity contribution in [2.75, 3.05) is 6.54 Å². The highest BCUT2D eigenvalue weighted by Gasteiger charge is 2.48. The van der Waals surface area contributed by atoms with Crippen molar-refractivity contribution in [2.45, 2.75) is 18.3 Å².